The van der Waals surface area contributed by atoms with Gasteiger partial charge in [-0.15, -0.1) is 0 Å². The number of carbonyl (C=O) groups excluding carboxylic acids is 2. The Balaban J connectivity index is 1.55. The van der Waals surface area contributed by atoms with E-state index in [1.165, 1.54) is 54.6 Å². The van der Waals surface area contributed by atoms with Gasteiger partial charge in [0.15, 0.2) is 5.75 Å². The Bertz CT molecular complexity index is 1430. The fourth-order valence-electron chi connectivity index (χ4n) is 3.17. The van der Waals surface area contributed by atoms with Crippen LogP contribution in [0.3, 0.4) is 0 Å². The van der Waals surface area contributed by atoms with Gasteiger partial charge in [-0.2, -0.15) is 8.42 Å². The zero-order chi connectivity index (χ0) is 25.3. The van der Waals surface area contributed by atoms with Crippen LogP contribution in [-0.2, 0) is 21.5 Å². The Kier molecular flexibility index (Phi) is 7.23. The maximum Gasteiger partial charge on any atom is 0.339 e. The van der Waals surface area contributed by atoms with Crippen LogP contribution in [-0.4, -0.2) is 24.5 Å². The number of halogens is 3. The monoisotopic (exact) mass is 551 g/mol. The van der Waals surface area contributed by atoms with Crippen LogP contribution in [0, 0.1) is 12.7 Å². The number of nitrogens with zero attached hydrogens (tertiary/aromatic N) is 1. The molecule has 0 aromatic heterocycles. The van der Waals surface area contributed by atoms with Gasteiger partial charge in [-0.05, 0) is 72.3 Å². The second-order valence-corrected chi connectivity index (χ2v) is 10.9. The number of aryl methyl sites for hydroxylation is 1. The minimum absolute atomic E-state index is 0.00650. The van der Waals surface area contributed by atoms with E-state index < -0.39 is 27.1 Å². The topological polar surface area (TPSA) is 80.8 Å². The lowest BCUT2D eigenvalue weighted by Crippen LogP contribution is -2.27. The van der Waals surface area contributed by atoms with Gasteiger partial charge >= 0.3 is 10.1 Å². The average Bonchev–Trinajstić information content (AvgIpc) is 3.05. The van der Waals surface area contributed by atoms with Crippen molar-refractivity contribution in [3.8, 4) is 5.75 Å². The summed E-state index contributed by atoms with van der Waals surface area (Å²) in [6.45, 7) is 1.81. The molecule has 2 amide bonds. The zero-order valence-corrected chi connectivity index (χ0v) is 21.1. The summed E-state index contributed by atoms with van der Waals surface area (Å²) in [6, 6.07) is 14.3. The first-order valence-electron chi connectivity index (χ1n) is 10.0. The molecule has 11 heteroatoms. The van der Waals surface area contributed by atoms with E-state index in [9.17, 15) is 22.4 Å². The molecule has 0 radical (unpaired) electrons. The van der Waals surface area contributed by atoms with Crippen LogP contribution in [0.15, 0.2) is 70.5 Å². The van der Waals surface area contributed by atoms with Crippen LogP contribution in [0.25, 0.3) is 6.08 Å². The molecule has 35 heavy (non-hydrogen) atoms. The van der Waals surface area contributed by atoms with Crippen molar-refractivity contribution in [1.29, 1.82) is 0 Å². The van der Waals surface area contributed by atoms with Gasteiger partial charge in [0.05, 0.1) is 21.5 Å². The highest BCUT2D eigenvalue weighted by molar-refractivity contribution is 8.18. The number of imide groups is 1. The highest BCUT2D eigenvalue weighted by Gasteiger charge is 2.35. The van der Waals surface area contributed by atoms with Crippen molar-refractivity contribution in [2.24, 2.45) is 0 Å². The molecule has 3 aromatic carbocycles. The standard InChI is InChI=1S/C24H16Cl2FNO5S2/c1-14-2-8-18(9-3-14)35(31,32)33-22-19(25)10-16(11-20(22)26)12-21-23(29)28(24(30)34-21)13-15-4-6-17(27)7-5-15/h2-12H,13H2,1H3/b21-12-. The molecule has 0 saturated carbocycles. The molecule has 1 aliphatic rings. The molecule has 0 unspecified atom stereocenters. The number of rotatable bonds is 6. The maximum absolute atomic E-state index is 13.1. The second-order valence-electron chi connectivity index (χ2n) is 7.56. The van der Waals surface area contributed by atoms with E-state index >= 15 is 0 Å². The highest BCUT2D eigenvalue weighted by Crippen LogP contribution is 2.39. The quantitative estimate of drug-likeness (QED) is 0.259. The molecule has 0 atom stereocenters. The summed E-state index contributed by atoms with van der Waals surface area (Å²) in [5.74, 6) is -1.20. The molecule has 6 nitrogen and oxygen atoms in total. The second kappa shape index (κ2) is 10.0. The van der Waals surface area contributed by atoms with Gasteiger partial charge in [0.25, 0.3) is 11.1 Å². The molecule has 3 aromatic rings. The van der Waals surface area contributed by atoms with Crippen molar-refractivity contribution in [3.05, 3.63) is 98.1 Å². The predicted molar refractivity (Wildman–Crippen MR) is 133 cm³/mol. The molecule has 0 aliphatic carbocycles. The number of thioether (sulfide) groups is 1. The van der Waals surface area contributed by atoms with E-state index in [0.29, 0.717) is 11.1 Å². The summed E-state index contributed by atoms with van der Waals surface area (Å²) >= 11 is 13.2. The van der Waals surface area contributed by atoms with Gasteiger partial charge in [-0.1, -0.05) is 53.0 Å². The third-order valence-corrected chi connectivity index (χ3v) is 7.65. The summed E-state index contributed by atoms with van der Waals surface area (Å²) in [4.78, 5) is 26.2. The molecule has 0 N–H and O–H groups in total. The van der Waals surface area contributed by atoms with Crippen molar-refractivity contribution < 1.29 is 26.6 Å². The summed E-state index contributed by atoms with van der Waals surface area (Å²) in [6.07, 6.45) is 1.42. The van der Waals surface area contributed by atoms with E-state index in [-0.39, 0.29) is 32.1 Å². The van der Waals surface area contributed by atoms with E-state index in [1.54, 1.807) is 12.1 Å². The summed E-state index contributed by atoms with van der Waals surface area (Å²) < 4.78 is 43.5. The number of amides is 2. The van der Waals surface area contributed by atoms with Crippen LogP contribution in [0.5, 0.6) is 5.75 Å². The minimum Gasteiger partial charge on any atom is -0.376 e. The number of hydrogen-bond acceptors (Lipinski definition) is 6. The van der Waals surface area contributed by atoms with Crippen molar-refractivity contribution >= 4 is 62.3 Å². The maximum atomic E-state index is 13.1. The molecule has 1 saturated heterocycles. The molecular weight excluding hydrogens is 536 g/mol. The van der Waals surface area contributed by atoms with Crippen LogP contribution < -0.4 is 4.18 Å². The van der Waals surface area contributed by atoms with Gasteiger partial charge in [0, 0.05) is 0 Å². The van der Waals surface area contributed by atoms with E-state index in [2.05, 4.69) is 0 Å². The highest BCUT2D eigenvalue weighted by atomic mass is 35.5. The molecule has 180 valence electrons. The van der Waals surface area contributed by atoms with E-state index in [4.69, 9.17) is 27.4 Å². The number of carbonyl (C=O) groups is 2. The third-order valence-electron chi connectivity index (χ3n) is 4.95. The van der Waals surface area contributed by atoms with Gasteiger partial charge < -0.3 is 4.18 Å². The van der Waals surface area contributed by atoms with Gasteiger partial charge in [-0.3, -0.25) is 14.5 Å². The van der Waals surface area contributed by atoms with Crippen molar-refractivity contribution in [3.63, 3.8) is 0 Å². The zero-order valence-electron chi connectivity index (χ0n) is 18.0. The SMILES string of the molecule is Cc1ccc(S(=O)(=O)Oc2c(Cl)cc(/C=C3\SC(=O)N(Cc4ccc(F)cc4)C3=O)cc2Cl)cc1. The van der Waals surface area contributed by atoms with E-state index in [0.717, 1.165) is 22.2 Å². The first-order chi connectivity index (χ1) is 16.5. The number of benzene rings is 3. The Morgan fingerprint density at radius 3 is 2.20 bits per heavy atom. The summed E-state index contributed by atoms with van der Waals surface area (Å²) in [5.41, 5.74) is 1.84. The lowest BCUT2D eigenvalue weighted by atomic mass is 10.2. The van der Waals surface area contributed by atoms with E-state index in [1.807, 2.05) is 6.92 Å². The van der Waals surface area contributed by atoms with Crippen LogP contribution in [0.1, 0.15) is 16.7 Å². The lowest BCUT2D eigenvalue weighted by Gasteiger charge is -2.12. The molecule has 1 heterocycles. The molecular formula is C24H16Cl2FNO5S2. The third kappa shape index (κ3) is 5.70. The first-order valence-corrected chi connectivity index (χ1v) is 13.0. The Hall–Kier alpha value is -2.85. The van der Waals surface area contributed by atoms with Gasteiger partial charge in [0.2, 0.25) is 0 Å². The van der Waals surface area contributed by atoms with Gasteiger partial charge in [0.1, 0.15) is 10.7 Å². The molecule has 1 aliphatic heterocycles. The van der Waals surface area contributed by atoms with Crippen molar-refractivity contribution in [2.45, 2.75) is 18.4 Å². The Morgan fingerprint density at radius 1 is 1.00 bits per heavy atom. The number of hydrogen-bond donors (Lipinski definition) is 0. The fourth-order valence-corrected chi connectivity index (χ4v) is 5.64. The fraction of sp³-hybridized carbons (Fsp3) is 0.0833. The van der Waals surface area contributed by atoms with Crippen LogP contribution in [0.2, 0.25) is 10.0 Å². The van der Waals surface area contributed by atoms with Crippen molar-refractivity contribution in [1.82, 2.24) is 4.90 Å². The summed E-state index contributed by atoms with van der Waals surface area (Å²) in [5, 5.41) is -0.665. The Labute approximate surface area is 215 Å². The Morgan fingerprint density at radius 2 is 1.60 bits per heavy atom. The minimum atomic E-state index is -4.18. The van der Waals surface area contributed by atoms with Crippen molar-refractivity contribution in [2.75, 3.05) is 0 Å². The molecule has 4 rings (SSSR count). The summed E-state index contributed by atoms with van der Waals surface area (Å²) in [7, 11) is -4.18. The first kappa shape index (κ1) is 25.2. The lowest BCUT2D eigenvalue weighted by molar-refractivity contribution is -0.123. The normalized spacial score (nSPS) is 15.2. The largest absolute Gasteiger partial charge is 0.376 e. The predicted octanol–water partition coefficient (Wildman–Crippen LogP) is 6.45. The van der Waals surface area contributed by atoms with Crippen LogP contribution in [0.4, 0.5) is 9.18 Å². The molecule has 0 spiro atoms. The average molecular weight is 552 g/mol. The molecule has 1 fully saturated rings. The molecule has 0 bridgehead atoms. The van der Waals surface area contributed by atoms with Crippen LogP contribution >= 0.6 is 35.0 Å². The smallest absolute Gasteiger partial charge is 0.339 e. The van der Waals surface area contributed by atoms with Gasteiger partial charge in [-0.25, -0.2) is 4.39 Å².